The Bertz CT molecular complexity index is 372. The number of nitrogens with one attached hydrogen (secondary N) is 1. The van der Waals surface area contributed by atoms with Gasteiger partial charge in [-0.15, -0.1) is 0 Å². The maximum atomic E-state index is 14.6. The fraction of sp³-hybridized carbons (Fsp3) is 0.600. The van der Waals surface area contributed by atoms with Crippen LogP contribution in [0.4, 0.5) is 4.39 Å². The first-order valence-corrected chi connectivity index (χ1v) is 6.74. The van der Waals surface area contributed by atoms with Crippen LogP contribution < -0.4 is 5.32 Å². The maximum absolute atomic E-state index is 14.6. The molecule has 1 aliphatic heterocycles. The van der Waals surface area contributed by atoms with Crippen molar-refractivity contribution >= 4 is 0 Å². The summed E-state index contributed by atoms with van der Waals surface area (Å²) in [6.45, 7) is 2.23. The van der Waals surface area contributed by atoms with Crippen molar-refractivity contribution in [2.24, 2.45) is 11.8 Å². The molecule has 0 aromatic heterocycles. The Kier molecular flexibility index (Phi) is 2.91. The van der Waals surface area contributed by atoms with Crippen molar-refractivity contribution in [3.63, 3.8) is 0 Å². The molecule has 1 nitrogen and oxygen atoms in total. The van der Waals surface area contributed by atoms with Gasteiger partial charge in [-0.25, -0.2) is 4.39 Å². The third kappa shape index (κ3) is 2.23. The van der Waals surface area contributed by atoms with E-state index in [1.54, 1.807) is 0 Å². The summed E-state index contributed by atoms with van der Waals surface area (Å²) >= 11 is 0. The lowest BCUT2D eigenvalue weighted by molar-refractivity contribution is 0.252. The summed E-state index contributed by atoms with van der Waals surface area (Å²) in [5.74, 6) is 1.01. The molecule has 1 aromatic carbocycles. The predicted molar refractivity (Wildman–Crippen MR) is 67.5 cm³/mol. The van der Waals surface area contributed by atoms with Gasteiger partial charge >= 0.3 is 0 Å². The average Bonchev–Trinajstić information content (AvgIpc) is 3.04. The van der Waals surface area contributed by atoms with Gasteiger partial charge in [0.25, 0.3) is 0 Å². The Hall–Kier alpha value is -0.890. The Morgan fingerprint density at radius 3 is 2.59 bits per heavy atom. The summed E-state index contributed by atoms with van der Waals surface area (Å²) in [6, 6.07) is 9.70. The van der Waals surface area contributed by atoms with E-state index < -0.39 is 5.67 Å². The van der Waals surface area contributed by atoms with Crippen LogP contribution in [0.3, 0.4) is 0 Å². The Morgan fingerprint density at radius 1 is 1.18 bits per heavy atom. The fourth-order valence-electron chi connectivity index (χ4n) is 3.16. The number of rotatable bonds is 3. The van der Waals surface area contributed by atoms with Gasteiger partial charge < -0.3 is 5.32 Å². The van der Waals surface area contributed by atoms with Crippen LogP contribution in [0.2, 0.25) is 0 Å². The lowest BCUT2D eigenvalue weighted by atomic mass is 9.91. The number of hydrogen-bond acceptors (Lipinski definition) is 1. The first-order valence-electron chi connectivity index (χ1n) is 6.74. The molecule has 1 aliphatic carbocycles. The van der Waals surface area contributed by atoms with E-state index in [-0.39, 0.29) is 5.92 Å². The summed E-state index contributed by atoms with van der Waals surface area (Å²) in [7, 11) is 0. The molecule has 1 saturated carbocycles. The minimum Gasteiger partial charge on any atom is -0.317 e. The molecule has 0 radical (unpaired) electrons. The van der Waals surface area contributed by atoms with E-state index in [0.29, 0.717) is 0 Å². The van der Waals surface area contributed by atoms with Crippen LogP contribution in [0.25, 0.3) is 0 Å². The van der Waals surface area contributed by atoms with Gasteiger partial charge in [0.2, 0.25) is 0 Å². The number of benzene rings is 1. The van der Waals surface area contributed by atoms with Crippen LogP contribution >= 0.6 is 0 Å². The van der Waals surface area contributed by atoms with Crippen molar-refractivity contribution in [3.05, 3.63) is 35.9 Å². The van der Waals surface area contributed by atoms with E-state index in [0.717, 1.165) is 37.4 Å². The number of piperidine rings is 1. The molecular weight excluding hydrogens is 213 g/mol. The Morgan fingerprint density at radius 2 is 1.88 bits per heavy atom. The summed E-state index contributed by atoms with van der Waals surface area (Å²) in [5, 5.41) is 3.37. The van der Waals surface area contributed by atoms with Gasteiger partial charge in [-0.2, -0.15) is 0 Å². The lowest BCUT2D eigenvalue weighted by Crippen LogP contribution is -2.28. The normalized spacial score (nSPS) is 33.6. The SMILES string of the molecule is FC1(c2ccccc2)CC1CC1CCNCC1. The van der Waals surface area contributed by atoms with Gasteiger partial charge in [-0.3, -0.25) is 0 Å². The minimum atomic E-state index is -1.01. The van der Waals surface area contributed by atoms with Gasteiger partial charge in [-0.05, 0) is 50.3 Å². The lowest BCUT2D eigenvalue weighted by Gasteiger charge is -2.23. The monoisotopic (exact) mass is 233 g/mol. The average molecular weight is 233 g/mol. The van der Waals surface area contributed by atoms with Gasteiger partial charge in [-0.1, -0.05) is 30.3 Å². The number of alkyl halides is 1. The molecule has 1 aromatic rings. The van der Waals surface area contributed by atoms with Gasteiger partial charge in [0.1, 0.15) is 5.67 Å². The van der Waals surface area contributed by atoms with Crippen LogP contribution in [0, 0.1) is 11.8 Å². The molecule has 1 heterocycles. The molecule has 0 bridgehead atoms. The molecule has 1 N–H and O–H groups in total. The first kappa shape index (κ1) is 11.2. The van der Waals surface area contributed by atoms with E-state index in [1.807, 2.05) is 30.3 Å². The molecule has 0 amide bonds. The summed E-state index contributed by atoms with van der Waals surface area (Å²) in [4.78, 5) is 0. The van der Waals surface area contributed by atoms with E-state index in [9.17, 15) is 4.39 Å². The molecule has 2 unspecified atom stereocenters. The Balaban J connectivity index is 1.61. The molecule has 17 heavy (non-hydrogen) atoms. The largest absolute Gasteiger partial charge is 0.317 e. The second-order valence-electron chi connectivity index (χ2n) is 5.56. The minimum absolute atomic E-state index is 0.271. The predicted octanol–water partition coefficient (Wildman–Crippen LogP) is 3.26. The van der Waals surface area contributed by atoms with E-state index >= 15 is 0 Å². The fourth-order valence-corrected chi connectivity index (χ4v) is 3.16. The smallest absolute Gasteiger partial charge is 0.139 e. The van der Waals surface area contributed by atoms with Crippen molar-refractivity contribution in [1.29, 1.82) is 0 Å². The summed E-state index contributed by atoms with van der Waals surface area (Å²) in [6.07, 6.45) is 4.26. The quantitative estimate of drug-likeness (QED) is 0.845. The third-order valence-corrected chi connectivity index (χ3v) is 4.36. The standard InChI is InChI=1S/C15H20FN/c16-15(13-4-2-1-3-5-13)11-14(15)10-12-6-8-17-9-7-12/h1-5,12,14,17H,6-11H2. The summed E-state index contributed by atoms with van der Waals surface area (Å²) in [5.41, 5.74) is -0.120. The molecule has 92 valence electrons. The highest BCUT2D eigenvalue weighted by molar-refractivity contribution is 5.29. The second-order valence-corrected chi connectivity index (χ2v) is 5.56. The molecule has 3 rings (SSSR count). The van der Waals surface area contributed by atoms with Crippen LogP contribution in [0.1, 0.15) is 31.2 Å². The maximum Gasteiger partial charge on any atom is 0.139 e. The molecule has 2 heteroatoms. The number of halogens is 1. The van der Waals surface area contributed by atoms with Crippen molar-refractivity contribution < 1.29 is 4.39 Å². The third-order valence-electron chi connectivity index (χ3n) is 4.36. The highest BCUT2D eigenvalue weighted by Gasteiger charge is 2.56. The second kappa shape index (κ2) is 4.41. The Labute approximate surface area is 102 Å². The van der Waals surface area contributed by atoms with Gasteiger partial charge in [0.15, 0.2) is 0 Å². The number of hydrogen-bond donors (Lipinski definition) is 1. The van der Waals surface area contributed by atoms with Crippen LogP contribution in [0.5, 0.6) is 0 Å². The van der Waals surface area contributed by atoms with Crippen LogP contribution in [0.15, 0.2) is 30.3 Å². The molecule has 2 atom stereocenters. The molecule has 2 fully saturated rings. The van der Waals surface area contributed by atoms with Crippen LogP contribution in [-0.4, -0.2) is 13.1 Å². The van der Waals surface area contributed by atoms with E-state index in [2.05, 4.69) is 5.32 Å². The van der Waals surface area contributed by atoms with Gasteiger partial charge in [0.05, 0.1) is 0 Å². The van der Waals surface area contributed by atoms with E-state index in [1.165, 1.54) is 12.8 Å². The highest BCUT2D eigenvalue weighted by Crippen LogP contribution is 2.58. The molecule has 2 aliphatic rings. The molecular formula is C15H20FN. The zero-order valence-corrected chi connectivity index (χ0v) is 10.2. The van der Waals surface area contributed by atoms with Gasteiger partial charge in [0, 0.05) is 5.92 Å². The zero-order chi connectivity index (χ0) is 11.7. The summed E-state index contributed by atoms with van der Waals surface area (Å²) < 4.78 is 14.6. The van der Waals surface area contributed by atoms with Crippen molar-refractivity contribution in [2.45, 2.75) is 31.4 Å². The van der Waals surface area contributed by atoms with E-state index in [4.69, 9.17) is 0 Å². The highest BCUT2D eigenvalue weighted by atomic mass is 19.1. The molecule has 1 saturated heterocycles. The van der Waals surface area contributed by atoms with Crippen molar-refractivity contribution in [3.8, 4) is 0 Å². The molecule has 0 spiro atoms. The zero-order valence-electron chi connectivity index (χ0n) is 10.2. The van der Waals surface area contributed by atoms with Crippen LogP contribution in [-0.2, 0) is 5.67 Å². The van der Waals surface area contributed by atoms with Crippen molar-refractivity contribution in [2.75, 3.05) is 13.1 Å². The first-order chi connectivity index (χ1) is 8.29. The topological polar surface area (TPSA) is 12.0 Å². The van der Waals surface area contributed by atoms with Crippen molar-refractivity contribution in [1.82, 2.24) is 5.32 Å².